The van der Waals surface area contributed by atoms with Crippen molar-refractivity contribution in [1.29, 1.82) is 0 Å². The normalized spacial score (nSPS) is 20.1. The fourth-order valence-corrected chi connectivity index (χ4v) is 9.31. The first-order chi connectivity index (χ1) is 35.5. The minimum absolute atomic E-state index is 0.0477. The number of nitrogens with two attached hydrogens (primary N) is 2. The molecule has 2 fully saturated rings. The Morgan fingerprint density at radius 3 is 1.39 bits per heavy atom. The SMILES string of the molecule is CC[C@H](C)[C@H](N)C(=O)N[C@H](C(=O)N[C@H](C(=O)N[C@@H](CC(C)C)C(=O)N[C@H](C(=O)N[C@@H](CCCCN)C(=O)N1CCC[C@H]1C(=O)N[C@@H](CC(C)C)C(=O)N1CCC[C@H]1C(=O)N[C@H](C(=O)O)C(C)C)[C@@H](C)O)C(C)C)[C@@H](C)O. The van der Waals surface area contributed by atoms with Crippen molar-refractivity contribution in [1.82, 2.24) is 47.0 Å². The number of nitrogens with zero attached hydrogens (tertiary/aromatic N) is 2. The smallest absolute Gasteiger partial charge is 0.326 e. The molecule has 2 aliphatic heterocycles. The molecule has 0 aromatic carbocycles. The van der Waals surface area contributed by atoms with E-state index in [4.69, 9.17) is 11.5 Å². The van der Waals surface area contributed by atoms with E-state index in [0.29, 0.717) is 38.5 Å². The Bertz CT molecular complexity index is 1990. The maximum Gasteiger partial charge on any atom is 0.326 e. The maximum absolute atomic E-state index is 14.5. The van der Waals surface area contributed by atoms with E-state index in [1.165, 1.54) is 23.6 Å². The quantitative estimate of drug-likeness (QED) is 0.0375. The summed E-state index contributed by atoms with van der Waals surface area (Å²) in [5.74, 6) is -9.21. The van der Waals surface area contributed by atoms with E-state index in [0.717, 1.165) is 0 Å². The van der Waals surface area contributed by atoms with Crippen LogP contribution in [0.2, 0.25) is 0 Å². The second-order valence-electron chi connectivity index (χ2n) is 22.3. The molecule has 0 bridgehead atoms. The van der Waals surface area contributed by atoms with Crippen molar-refractivity contribution in [3.05, 3.63) is 0 Å². The van der Waals surface area contributed by atoms with Gasteiger partial charge in [0.15, 0.2) is 0 Å². The third-order valence-electron chi connectivity index (χ3n) is 14.1. The Labute approximate surface area is 448 Å². The van der Waals surface area contributed by atoms with E-state index in [1.54, 1.807) is 48.5 Å². The number of rotatable bonds is 31. The van der Waals surface area contributed by atoms with Gasteiger partial charge in [0.2, 0.25) is 53.2 Å². The van der Waals surface area contributed by atoms with E-state index in [9.17, 15) is 63.3 Å². The highest BCUT2D eigenvalue weighted by atomic mass is 16.4. The number of carbonyl (C=O) groups excluding carboxylic acids is 9. The molecule has 0 radical (unpaired) electrons. The molecule has 0 aromatic heterocycles. The molecule has 2 aliphatic rings. The van der Waals surface area contributed by atoms with Crippen LogP contribution in [0.5, 0.6) is 0 Å². The molecule has 14 N–H and O–H groups in total. The van der Waals surface area contributed by atoms with E-state index < -0.39 is 144 Å². The second-order valence-corrected chi connectivity index (χ2v) is 22.3. The van der Waals surface area contributed by atoms with Gasteiger partial charge in [0, 0.05) is 13.1 Å². The van der Waals surface area contributed by atoms with E-state index in [1.807, 2.05) is 20.8 Å². The average molecular weight is 1080 g/mol. The molecule has 0 saturated carbocycles. The number of hydrogen-bond acceptors (Lipinski definition) is 14. The first-order valence-corrected chi connectivity index (χ1v) is 27.3. The number of hydrogen-bond donors (Lipinski definition) is 12. The van der Waals surface area contributed by atoms with Gasteiger partial charge in [-0.2, -0.15) is 0 Å². The fourth-order valence-electron chi connectivity index (χ4n) is 9.31. The van der Waals surface area contributed by atoms with Crippen molar-refractivity contribution in [3.63, 3.8) is 0 Å². The van der Waals surface area contributed by atoms with Gasteiger partial charge >= 0.3 is 5.97 Å². The minimum atomic E-state index is -1.65. The van der Waals surface area contributed by atoms with Gasteiger partial charge in [-0.3, -0.25) is 43.2 Å². The summed E-state index contributed by atoms with van der Waals surface area (Å²) in [6, 6.07) is -12.2. The first-order valence-electron chi connectivity index (χ1n) is 27.3. The minimum Gasteiger partial charge on any atom is -0.480 e. The number of carbonyl (C=O) groups is 10. The molecule has 0 aliphatic carbocycles. The Morgan fingerprint density at radius 2 is 0.947 bits per heavy atom. The van der Waals surface area contributed by atoms with E-state index in [-0.39, 0.29) is 63.1 Å². The molecule has 24 heteroatoms. The molecule has 0 unspecified atom stereocenters. The molecular formula is C52H93N11O13. The van der Waals surface area contributed by atoms with Gasteiger partial charge in [0.05, 0.1) is 18.2 Å². The molecule has 2 rings (SSSR count). The van der Waals surface area contributed by atoms with Crippen LogP contribution in [0.15, 0.2) is 0 Å². The van der Waals surface area contributed by atoms with Crippen LogP contribution >= 0.6 is 0 Å². The Hall–Kier alpha value is -5.46. The summed E-state index contributed by atoms with van der Waals surface area (Å²) in [6.45, 7) is 20.7. The fraction of sp³-hybridized carbons (Fsp3) is 0.808. The van der Waals surface area contributed by atoms with Crippen LogP contribution in [-0.4, -0.2) is 177 Å². The highest BCUT2D eigenvalue weighted by Crippen LogP contribution is 2.24. The van der Waals surface area contributed by atoms with E-state index in [2.05, 4.69) is 37.2 Å². The number of carboxylic acids is 1. The highest BCUT2D eigenvalue weighted by molar-refractivity contribution is 5.99. The largest absolute Gasteiger partial charge is 0.480 e. The molecule has 0 spiro atoms. The average Bonchev–Trinajstić information content (AvgIpc) is 4.04. The maximum atomic E-state index is 14.5. The summed E-state index contributed by atoms with van der Waals surface area (Å²) in [5, 5.41) is 49.4. The summed E-state index contributed by atoms with van der Waals surface area (Å²) in [6.07, 6.45) is 0.240. The van der Waals surface area contributed by atoms with Crippen molar-refractivity contribution in [3.8, 4) is 0 Å². The molecular weight excluding hydrogens is 987 g/mol. The molecule has 434 valence electrons. The summed E-state index contributed by atoms with van der Waals surface area (Å²) < 4.78 is 0. The monoisotopic (exact) mass is 1080 g/mol. The van der Waals surface area contributed by atoms with Crippen LogP contribution < -0.4 is 48.7 Å². The van der Waals surface area contributed by atoms with Crippen molar-refractivity contribution >= 4 is 59.1 Å². The van der Waals surface area contributed by atoms with Gasteiger partial charge in [-0.25, -0.2) is 4.79 Å². The summed E-state index contributed by atoms with van der Waals surface area (Å²) in [4.78, 5) is 140. The van der Waals surface area contributed by atoms with E-state index >= 15 is 0 Å². The number of amides is 9. The number of aliphatic hydroxyl groups is 2. The van der Waals surface area contributed by atoms with Crippen LogP contribution in [0.3, 0.4) is 0 Å². The third kappa shape index (κ3) is 19.8. The molecule has 0 aromatic rings. The van der Waals surface area contributed by atoms with Gasteiger partial charge in [0.25, 0.3) is 0 Å². The van der Waals surface area contributed by atoms with Gasteiger partial charge in [-0.15, -0.1) is 0 Å². The zero-order valence-corrected chi connectivity index (χ0v) is 47.0. The standard InChI is InChI=1S/C52H93N11O13/c1-13-30(10)38(54)46(69)61-42(32(12)65)49(72)58-39(28(6)7)47(70)56-34(24-26(2)3)43(66)60-41(31(11)64)48(71)55-33(18-14-15-21-53)50(73)62-22-16-19-36(62)44(67)57-35(25-27(4)5)51(74)63-23-17-20-37(63)45(68)59-40(29(8)9)52(75)76/h26-42,64-65H,13-25,53-54H2,1-12H3,(H,55,71)(H,56,70)(H,57,67)(H,58,72)(H,59,68)(H,60,66)(H,61,69)(H,75,76)/t30-,31+,32+,33-,34-,35-,36-,37-,38-,39-,40-,41-,42-/m0/s1. The number of likely N-dealkylation sites (tertiary alicyclic amines) is 2. The molecule has 24 nitrogen and oxygen atoms in total. The van der Waals surface area contributed by atoms with Crippen molar-refractivity contribution in [2.75, 3.05) is 19.6 Å². The van der Waals surface area contributed by atoms with Crippen molar-refractivity contribution < 1.29 is 63.3 Å². The molecule has 2 saturated heterocycles. The van der Waals surface area contributed by atoms with Crippen LogP contribution in [0.4, 0.5) is 0 Å². The molecule has 9 amide bonds. The Morgan fingerprint density at radius 1 is 0.526 bits per heavy atom. The predicted octanol–water partition coefficient (Wildman–Crippen LogP) is -0.885. The lowest BCUT2D eigenvalue weighted by atomic mass is 9.98. The summed E-state index contributed by atoms with van der Waals surface area (Å²) in [5.41, 5.74) is 11.8. The zero-order valence-electron chi connectivity index (χ0n) is 47.0. The summed E-state index contributed by atoms with van der Waals surface area (Å²) >= 11 is 0. The van der Waals surface area contributed by atoms with Gasteiger partial charge < -0.3 is 73.8 Å². The Balaban J connectivity index is 2.35. The highest BCUT2D eigenvalue weighted by Gasteiger charge is 2.44. The number of nitrogens with one attached hydrogen (secondary N) is 7. The predicted molar refractivity (Wildman–Crippen MR) is 283 cm³/mol. The lowest BCUT2D eigenvalue weighted by molar-refractivity contribution is -0.146. The number of aliphatic carboxylic acids is 1. The lowest BCUT2D eigenvalue weighted by Gasteiger charge is -2.33. The van der Waals surface area contributed by atoms with Crippen LogP contribution in [0.1, 0.15) is 147 Å². The zero-order chi connectivity index (χ0) is 57.9. The van der Waals surface area contributed by atoms with Crippen LogP contribution in [-0.2, 0) is 47.9 Å². The van der Waals surface area contributed by atoms with Crippen LogP contribution in [0.25, 0.3) is 0 Å². The molecule has 76 heavy (non-hydrogen) atoms. The van der Waals surface area contributed by atoms with Crippen LogP contribution in [0, 0.1) is 29.6 Å². The lowest BCUT2D eigenvalue weighted by Crippen LogP contribution is -2.63. The third-order valence-corrected chi connectivity index (χ3v) is 14.1. The second kappa shape index (κ2) is 31.7. The van der Waals surface area contributed by atoms with Gasteiger partial charge in [0.1, 0.15) is 54.4 Å². The number of aliphatic hydroxyl groups excluding tert-OH is 2. The molecule has 13 atom stereocenters. The molecule has 2 heterocycles. The van der Waals surface area contributed by atoms with Crippen molar-refractivity contribution in [2.45, 2.75) is 220 Å². The Kier molecular flexibility index (Phi) is 27.8. The topological polar surface area (TPSA) is 374 Å². The number of carboxylic acid groups (broad SMARTS) is 1. The van der Waals surface area contributed by atoms with Gasteiger partial charge in [-0.05, 0) is 108 Å². The number of unbranched alkanes of at least 4 members (excludes halogenated alkanes) is 1. The van der Waals surface area contributed by atoms with Crippen molar-refractivity contribution in [2.24, 2.45) is 41.1 Å². The van der Waals surface area contributed by atoms with Gasteiger partial charge in [-0.1, -0.05) is 75.7 Å². The summed E-state index contributed by atoms with van der Waals surface area (Å²) in [7, 11) is 0. The first kappa shape index (κ1) is 66.7.